The largest absolute Gasteiger partial charge is 0.494 e. The lowest BCUT2D eigenvalue weighted by Gasteiger charge is -2.13. The topological polar surface area (TPSA) is 55.8 Å². The number of hydrogen-bond donors (Lipinski definition) is 1. The number of ether oxygens (including phenoxy) is 2. The van der Waals surface area contributed by atoms with Crippen molar-refractivity contribution in [1.29, 1.82) is 0 Å². The molecule has 1 unspecified atom stereocenters. The molecule has 0 amide bonds. The average molecular weight is 270 g/mol. The van der Waals surface area contributed by atoms with E-state index in [9.17, 15) is 4.79 Å². The minimum absolute atomic E-state index is 0.527. The highest BCUT2D eigenvalue weighted by Gasteiger charge is 2.16. The van der Waals surface area contributed by atoms with Crippen LogP contribution in [0.15, 0.2) is 23.1 Å². The second-order valence-electron chi connectivity index (χ2n) is 3.57. The first-order chi connectivity index (χ1) is 8.58. The summed E-state index contributed by atoms with van der Waals surface area (Å²) < 4.78 is 10.9. The van der Waals surface area contributed by atoms with E-state index < -0.39 is 11.2 Å². The van der Waals surface area contributed by atoms with Crippen molar-refractivity contribution in [3.8, 4) is 11.5 Å². The van der Waals surface area contributed by atoms with Gasteiger partial charge in [0.2, 0.25) is 0 Å². The van der Waals surface area contributed by atoms with Gasteiger partial charge < -0.3 is 14.6 Å². The van der Waals surface area contributed by atoms with Crippen molar-refractivity contribution < 1.29 is 19.4 Å². The third kappa shape index (κ3) is 4.14. The van der Waals surface area contributed by atoms with Crippen LogP contribution in [0.3, 0.4) is 0 Å². The summed E-state index contributed by atoms with van der Waals surface area (Å²) in [6.45, 7) is 6.57. The van der Waals surface area contributed by atoms with E-state index in [0.29, 0.717) is 19.0 Å². The summed E-state index contributed by atoms with van der Waals surface area (Å²) in [4.78, 5) is 11.7. The number of hydrogen-bond acceptors (Lipinski definition) is 4. The summed E-state index contributed by atoms with van der Waals surface area (Å²) in [6.07, 6.45) is 0. The van der Waals surface area contributed by atoms with E-state index in [1.807, 2.05) is 32.0 Å². The highest BCUT2D eigenvalue weighted by Crippen LogP contribution is 2.35. The lowest BCUT2D eigenvalue weighted by Crippen LogP contribution is -2.11. The fraction of sp³-hybridized carbons (Fsp3) is 0.462. The van der Waals surface area contributed by atoms with E-state index in [-0.39, 0.29) is 0 Å². The maximum atomic E-state index is 10.9. The molecule has 0 aliphatic carbocycles. The third-order valence-corrected chi connectivity index (χ3v) is 3.31. The number of aliphatic carboxylic acids is 1. The molecular formula is C13H18O4S. The SMILES string of the molecule is CCOc1ccc(OCC)c(SC(C)C(=O)O)c1. The van der Waals surface area contributed by atoms with Crippen molar-refractivity contribution in [2.24, 2.45) is 0 Å². The fourth-order valence-electron chi connectivity index (χ4n) is 1.35. The summed E-state index contributed by atoms with van der Waals surface area (Å²) in [7, 11) is 0. The fourth-order valence-corrected chi connectivity index (χ4v) is 2.26. The zero-order valence-corrected chi connectivity index (χ0v) is 11.6. The summed E-state index contributed by atoms with van der Waals surface area (Å²) in [5.74, 6) is 0.573. The molecule has 1 aromatic rings. The first-order valence-electron chi connectivity index (χ1n) is 5.87. The van der Waals surface area contributed by atoms with Crippen LogP contribution in [0, 0.1) is 0 Å². The number of carboxylic acid groups (broad SMARTS) is 1. The Morgan fingerprint density at radius 1 is 1.33 bits per heavy atom. The van der Waals surface area contributed by atoms with E-state index in [0.717, 1.165) is 10.6 Å². The summed E-state index contributed by atoms with van der Waals surface area (Å²) in [6, 6.07) is 5.45. The van der Waals surface area contributed by atoms with Gasteiger partial charge in [0, 0.05) is 0 Å². The van der Waals surface area contributed by atoms with Crippen LogP contribution in [0.25, 0.3) is 0 Å². The van der Waals surface area contributed by atoms with Crippen LogP contribution in [0.1, 0.15) is 20.8 Å². The zero-order chi connectivity index (χ0) is 13.5. The van der Waals surface area contributed by atoms with Crippen molar-refractivity contribution in [2.45, 2.75) is 30.9 Å². The second kappa shape index (κ2) is 7.16. The molecule has 0 aromatic heterocycles. The molecule has 1 aromatic carbocycles. The van der Waals surface area contributed by atoms with E-state index in [1.54, 1.807) is 6.92 Å². The lowest BCUT2D eigenvalue weighted by molar-refractivity contribution is -0.136. The molecule has 5 heteroatoms. The van der Waals surface area contributed by atoms with Crippen molar-refractivity contribution in [3.05, 3.63) is 18.2 Å². The van der Waals surface area contributed by atoms with E-state index in [4.69, 9.17) is 14.6 Å². The highest BCUT2D eigenvalue weighted by atomic mass is 32.2. The average Bonchev–Trinajstić information content (AvgIpc) is 2.33. The number of thioether (sulfide) groups is 1. The standard InChI is InChI=1S/C13H18O4S/c1-4-16-10-6-7-11(17-5-2)12(8-10)18-9(3)13(14)15/h6-9H,4-5H2,1-3H3,(H,14,15). The van der Waals surface area contributed by atoms with Crippen LogP contribution in [-0.4, -0.2) is 29.5 Å². The van der Waals surface area contributed by atoms with Gasteiger partial charge in [-0.05, 0) is 39.0 Å². The molecule has 0 fully saturated rings. The van der Waals surface area contributed by atoms with Crippen molar-refractivity contribution >= 4 is 17.7 Å². The van der Waals surface area contributed by atoms with Gasteiger partial charge in [0.15, 0.2) is 0 Å². The molecule has 0 radical (unpaired) electrons. The molecule has 1 N–H and O–H groups in total. The molecule has 0 aliphatic heterocycles. The highest BCUT2D eigenvalue weighted by molar-refractivity contribution is 8.00. The van der Waals surface area contributed by atoms with Gasteiger partial charge in [0.25, 0.3) is 0 Å². The van der Waals surface area contributed by atoms with Gasteiger partial charge >= 0.3 is 5.97 Å². The molecule has 1 atom stereocenters. The van der Waals surface area contributed by atoms with Crippen molar-refractivity contribution in [3.63, 3.8) is 0 Å². The predicted molar refractivity (Wildman–Crippen MR) is 71.7 cm³/mol. The molecule has 0 bridgehead atoms. The molecule has 0 saturated heterocycles. The molecule has 0 aliphatic rings. The molecule has 100 valence electrons. The van der Waals surface area contributed by atoms with Gasteiger partial charge in [0.1, 0.15) is 16.7 Å². The van der Waals surface area contributed by atoms with Gasteiger partial charge in [-0.2, -0.15) is 0 Å². The maximum absolute atomic E-state index is 10.9. The first kappa shape index (κ1) is 14.7. The Labute approximate surface area is 111 Å². The normalized spacial score (nSPS) is 11.9. The van der Waals surface area contributed by atoms with Gasteiger partial charge in [-0.15, -0.1) is 11.8 Å². The lowest BCUT2D eigenvalue weighted by atomic mass is 10.3. The number of carboxylic acids is 1. The van der Waals surface area contributed by atoms with E-state index in [1.165, 1.54) is 11.8 Å². The summed E-state index contributed by atoms with van der Waals surface area (Å²) in [5, 5.41) is 8.42. The van der Waals surface area contributed by atoms with Crippen LogP contribution < -0.4 is 9.47 Å². The van der Waals surface area contributed by atoms with Crippen LogP contribution in [0.5, 0.6) is 11.5 Å². The predicted octanol–water partition coefficient (Wildman–Crippen LogP) is 3.05. The minimum atomic E-state index is -0.843. The van der Waals surface area contributed by atoms with Crippen LogP contribution in [-0.2, 0) is 4.79 Å². The zero-order valence-electron chi connectivity index (χ0n) is 10.8. The third-order valence-electron chi connectivity index (χ3n) is 2.18. The Balaban J connectivity index is 2.95. The Morgan fingerprint density at radius 3 is 2.56 bits per heavy atom. The Morgan fingerprint density at radius 2 is 2.00 bits per heavy atom. The van der Waals surface area contributed by atoms with E-state index >= 15 is 0 Å². The summed E-state index contributed by atoms with van der Waals surface area (Å²) in [5.41, 5.74) is 0. The van der Waals surface area contributed by atoms with Gasteiger partial charge in [-0.25, -0.2) is 0 Å². The quantitative estimate of drug-likeness (QED) is 0.772. The molecule has 1 rings (SSSR count). The smallest absolute Gasteiger partial charge is 0.316 e. The van der Waals surface area contributed by atoms with Crippen LogP contribution in [0.4, 0.5) is 0 Å². The van der Waals surface area contributed by atoms with Gasteiger partial charge in [-0.3, -0.25) is 4.79 Å². The number of rotatable bonds is 7. The molecule has 0 heterocycles. The number of benzene rings is 1. The Hall–Kier alpha value is -1.36. The van der Waals surface area contributed by atoms with Gasteiger partial charge in [0.05, 0.1) is 18.1 Å². The molecule has 18 heavy (non-hydrogen) atoms. The maximum Gasteiger partial charge on any atom is 0.316 e. The Bertz CT molecular complexity index is 406. The Kier molecular flexibility index (Phi) is 5.85. The molecular weight excluding hydrogens is 252 g/mol. The van der Waals surface area contributed by atoms with Gasteiger partial charge in [-0.1, -0.05) is 0 Å². The molecule has 0 spiro atoms. The minimum Gasteiger partial charge on any atom is -0.494 e. The van der Waals surface area contributed by atoms with Crippen LogP contribution >= 0.6 is 11.8 Å². The van der Waals surface area contributed by atoms with Crippen LogP contribution in [0.2, 0.25) is 0 Å². The monoisotopic (exact) mass is 270 g/mol. The number of carbonyl (C=O) groups is 1. The van der Waals surface area contributed by atoms with Crippen molar-refractivity contribution in [1.82, 2.24) is 0 Å². The molecule has 0 saturated carbocycles. The second-order valence-corrected chi connectivity index (χ2v) is 4.96. The first-order valence-corrected chi connectivity index (χ1v) is 6.75. The van der Waals surface area contributed by atoms with Crippen molar-refractivity contribution in [2.75, 3.05) is 13.2 Å². The molecule has 4 nitrogen and oxygen atoms in total. The summed E-state index contributed by atoms with van der Waals surface area (Å²) >= 11 is 1.25. The van der Waals surface area contributed by atoms with E-state index in [2.05, 4.69) is 0 Å².